The molecule has 2 aromatic rings. The lowest BCUT2D eigenvalue weighted by molar-refractivity contribution is -0.123. The van der Waals surface area contributed by atoms with Crippen molar-refractivity contribution < 1.29 is 17.6 Å². The summed E-state index contributed by atoms with van der Waals surface area (Å²) in [5, 5.41) is 2.68. The molecule has 130 valence electrons. The first kappa shape index (κ1) is 18.7. The molecule has 1 atom stereocenters. The summed E-state index contributed by atoms with van der Waals surface area (Å²) in [4.78, 5) is 12.5. The van der Waals surface area contributed by atoms with E-state index in [9.17, 15) is 13.2 Å². The highest BCUT2D eigenvalue weighted by molar-refractivity contribution is 9.10. The molecule has 0 aliphatic carbocycles. The fourth-order valence-electron chi connectivity index (χ4n) is 2.04. The molecule has 0 fully saturated rings. The summed E-state index contributed by atoms with van der Waals surface area (Å²) in [6.07, 6.45) is 1.51. The third-order valence-electron chi connectivity index (χ3n) is 3.37. The minimum absolute atomic E-state index is 0.107. The number of sulfonamides is 1. The van der Waals surface area contributed by atoms with Gasteiger partial charge in [-0.05, 0) is 42.3 Å². The van der Waals surface area contributed by atoms with Gasteiger partial charge in [-0.25, -0.2) is 8.42 Å². The molecule has 0 spiro atoms. The normalized spacial score (nSPS) is 13.0. The molecule has 0 saturated heterocycles. The van der Waals surface area contributed by atoms with Crippen molar-refractivity contribution in [1.29, 1.82) is 0 Å². The minimum atomic E-state index is -3.79. The third kappa shape index (κ3) is 4.93. The van der Waals surface area contributed by atoms with Crippen molar-refractivity contribution in [3.8, 4) is 0 Å². The summed E-state index contributed by atoms with van der Waals surface area (Å²) in [7, 11) is -3.79. The number of furan rings is 1. The largest absolute Gasteiger partial charge is 0.467 e. The maximum Gasteiger partial charge on any atom is 0.241 e. The lowest BCUT2D eigenvalue weighted by Gasteiger charge is -2.21. The second kappa shape index (κ2) is 7.96. The van der Waals surface area contributed by atoms with Gasteiger partial charge in [-0.2, -0.15) is 4.72 Å². The molecule has 0 saturated carbocycles. The lowest BCUT2D eigenvalue weighted by Crippen LogP contribution is -2.49. The van der Waals surface area contributed by atoms with Gasteiger partial charge in [-0.1, -0.05) is 29.8 Å². The van der Waals surface area contributed by atoms with E-state index in [-0.39, 0.29) is 17.4 Å². The summed E-state index contributed by atoms with van der Waals surface area (Å²) in [5.41, 5.74) is 0. The molecule has 1 aromatic carbocycles. The van der Waals surface area contributed by atoms with Crippen LogP contribution in [0.4, 0.5) is 0 Å². The molecule has 1 aromatic heterocycles. The maximum absolute atomic E-state index is 12.5. The van der Waals surface area contributed by atoms with Crippen molar-refractivity contribution in [1.82, 2.24) is 10.0 Å². The number of carbonyl (C=O) groups is 1. The smallest absolute Gasteiger partial charge is 0.241 e. The SMILES string of the molecule is CC(C)[C@@H](NS(=O)(=O)c1ccc(Br)cc1)C(=O)NCc1ccco1. The van der Waals surface area contributed by atoms with Gasteiger partial charge < -0.3 is 9.73 Å². The zero-order chi connectivity index (χ0) is 17.7. The van der Waals surface area contributed by atoms with Gasteiger partial charge in [0, 0.05) is 4.47 Å². The molecule has 0 unspecified atom stereocenters. The highest BCUT2D eigenvalue weighted by Gasteiger charge is 2.28. The van der Waals surface area contributed by atoms with Gasteiger partial charge in [0.15, 0.2) is 0 Å². The van der Waals surface area contributed by atoms with E-state index in [1.54, 1.807) is 38.1 Å². The van der Waals surface area contributed by atoms with E-state index in [1.165, 1.54) is 18.4 Å². The van der Waals surface area contributed by atoms with E-state index in [2.05, 4.69) is 26.0 Å². The Morgan fingerprint density at radius 2 is 1.88 bits per heavy atom. The predicted molar refractivity (Wildman–Crippen MR) is 93.6 cm³/mol. The number of halogens is 1. The monoisotopic (exact) mass is 414 g/mol. The summed E-state index contributed by atoms with van der Waals surface area (Å²) >= 11 is 3.26. The van der Waals surface area contributed by atoms with Crippen LogP contribution in [0.3, 0.4) is 0 Å². The number of hydrogen-bond donors (Lipinski definition) is 2. The van der Waals surface area contributed by atoms with Crippen LogP contribution in [-0.2, 0) is 21.4 Å². The third-order valence-corrected chi connectivity index (χ3v) is 5.36. The highest BCUT2D eigenvalue weighted by Crippen LogP contribution is 2.16. The predicted octanol–water partition coefficient (Wildman–Crippen LogP) is 2.66. The van der Waals surface area contributed by atoms with Crippen LogP contribution in [-0.4, -0.2) is 20.4 Å². The van der Waals surface area contributed by atoms with E-state index in [1.807, 2.05) is 0 Å². The molecular weight excluding hydrogens is 396 g/mol. The standard InChI is InChI=1S/C16H19BrN2O4S/c1-11(2)15(16(20)18-10-13-4-3-9-23-13)19-24(21,22)14-7-5-12(17)6-8-14/h3-9,11,15,19H,10H2,1-2H3,(H,18,20)/t15-/m1/s1. The molecule has 6 nitrogen and oxygen atoms in total. The molecule has 2 rings (SSSR count). The van der Waals surface area contributed by atoms with Crippen LogP contribution in [0.25, 0.3) is 0 Å². The summed E-state index contributed by atoms with van der Waals surface area (Å²) in [5.74, 6) is -0.0180. The van der Waals surface area contributed by atoms with Crippen LogP contribution in [0.2, 0.25) is 0 Å². The van der Waals surface area contributed by atoms with Gasteiger partial charge >= 0.3 is 0 Å². The Balaban J connectivity index is 2.09. The van der Waals surface area contributed by atoms with Crippen molar-refractivity contribution >= 4 is 31.9 Å². The zero-order valence-corrected chi connectivity index (χ0v) is 15.7. The van der Waals surface area contributed by atoms with Crippen LogP contribution in [0.15, 0.2) is 56.4 Å². The van der Waals surface area contributed by atoms with E-state index in [4.69, 9.17) is 4.42 Å². The molecular formula is C16H19BrN2O4S. The Bertz CT molecular complexity index is 771. The Labute approximate surface area is 149 Å². The first-order valence-electron chi connectivity index (χ1n) is 7.37. The van der Waals surface area contributed by atoms with Crippen molar-refractivity contribution in [2.24, 2.45) is 5.92 Å². The fourth-order valence-corrected chi connectivity index (χ4v) is 3.65. The Hall–Kier alpha value is -1.64. The number of amides is 1. The van der Waals surface area contributed by atoms with E-state index < -0.39 is 22.0 Å². The lowest BCUT2D eigenvalue weighted by atomic mass is 10.1. The van der Waals surface area contributed by atoms with Gasteiger partial charge in [0.1, 0.15) is 11.8 Å². The molecule has 1 heterocycles. The van der Waals surface area contributed by atoms with Gasteiger partial charge in [0.05, 0.1) is 17.7 Å². The average molecular weight is 415 g/mol. The number of rotatable bonds is 7. The van der Waals surface area contributed by atoms with Crippen LogP contribution >= 0.6 is 15.9 Å². The Morgan fingerprint density at radius 3 is 2.42 bits per heavy atom. The fraction of sp³-hybridized carbons (Fsp3) is 0.312. The van der Waals surface area contributed by atoms with Crippen LogP contribution in [0, 0.1) is 5.92 Å². The number of carbonyl (C=O) groups excluding carboxylic acids is 1. The van der Waals surface area contributed by atoms with Crippen molar-refractivity contribution in [3.05, 3.63) is 52.9 Å². The zero-order valence-electron chi connectivity index (χ0n) is 13.3. The summed E-state index contributed by atoms with van der Waals surface area (Å²) in [6.45, 7) is 3.76. The second-order valence-electron chi connectivity index (χ2n) is 5.59. The van der Waals surface area contributed by atoms with E-state index >= 15 is 0 Å². The van der Waals surface area contributed by atoms with Crippen molar-refractivity contribution in [2.75, 3.05) is 0 Å². The molecule has 0 aliphatic rings. The second-order valence-corrected chi connectivity index (χ2v) is 8.22. The minimum Gasteiger partial charge on any atom is -0.467 e. The average Bonchev–Trinajstić information content (AvgIpc) is 3.04. The molecule has 1 amide bonds. The number of benzene rings is 1. The van der Waals surface area contributed by atoms with Crippen molar-refractivity contribution in [2.45, 2.75) is 31.3 Å². The molecule has 0 aliphatic heterocycles. The van der Waals surface area contributed by atoms with Crippen LogP contribution < -0.4 is 10.0 Å². The number of hydrogen-bond acceptors (Lipinski definition) is 4. The summed E-state index contributed by atoms with van der Waals surface area (Å²) in [6, 6.07) is 8.79. The summed E-state index contributed by atoms with van der Waals surface area (Å²) < 4.78 is 33.3. The van der Waals surface area contributed by atoms with Crippen molar-refractivity contribution in [3.63, 3.8) is 0 Å². The molecule has 2 N–H and O–H groups in total. The molecule has 8 heteroatoms. The quantitative estimate of drug-likeness (QED) is 0.728. The Morgan fingerprint density at radius 1 is 1.21 bits per heavy atom. The van der Waals surface area contributed by atoms with E-state index in [0.717, 1.165) is 4.47 Å². The highest BCUT2D eigenvalue weighted by atomic mass is 79.9. The van der Waals surface area contributed by atoms with Crippen LogP contribution in [0.5, 0.6) is 0 Å². The van der Waals surface area contributed by atoms with E-state index in [0.29, 0.717) is 5.76 Å². The van der Waals surface area contributed by atoms with Gasteiger partial charge in [0.25, 0.3) is 0 Å². The van der Waals surface area contributed by atoms with Gasteiger partial charge in [0.2, 0.25) is 15.9 Å². The maximum atomic E-state index is 12.5. The molecule has 24 heavy (non-hydrogen) atoms. The van der Waals surface area contributed by atoms with Gasteiger partial charge in [-0.3, -0.25) is 4.79 Å². The number of nitrogens with one attached hydrogen (secondary N) is 2. The molecule has 0 radical (unpaired) electrons. The van der Waals surface area contributed by atoms with Gasteiger partial charge in [-0.15, -0.1) is 0 Å². The first-order chi connectivity index (χ1) is 11.3. The van der Waals surface area contributed by atoms with Crippen LogP contribution in [0.1, 0.15) is 19.6 Å². The topological polar surface area (TPSA) is 88.4 Å². The Kier molecular flexibility index (Phi) is 6.20. The first-order valence-corrected chi connectivity index (χ1v) is 9.65. The molecule has 0 bridgehead atoms.